The van der Waals surface area contributed by atoms with Gasteiger partial charge in [0.15, 0.2) is 11.4 Å². The zero-order valence-electron chi connectivity index (χ0n) is 12.2. The molecule has 0 fully saturated rings. The maximum atomic E-state index is 12.6. The van der Waals surface area contributed by atoms with Crippen molar-refractivity contribution in [3.8, 4) is 0 Å². The molecule has 6 nitrogen and oxygen atoms in total. The van der Waals surface area contributed by atoms with Crippen molar-refractivity contribution < 1.29 is 9.59 Å². The van der Waals surface area contributed by atoms with Gasteiger partial charge in [0.1, 0.15) is 5.56 Å². The average molecular weight is 294 g/mol. The van der Waals surface area contributed by atoms with E-state index in [0.717, 1.165) is 0 Å². The van der Waals surface area contributed by atoms with E-state index >= 15 is 0 Å². The number of Topliss-reactive ketones (excluding diaryl/α,β-unsaturated/α-hetero) is 1. The zero-order chi connectivity index (χ0) is 15.7. The van der Waals surface area contributed by atoms with Crippen molar-refractivity contribution in [1.82, 2.24) is 14.6 Å². The van der Waals surface area contributed by atoms with Crippen molar-refractivity contribution in [2.24, 2.45) is 0 Å². The molecule has 0 saturated heterocycles. The van der Waals surface area contributed by atoms with E-state index in [-0.39, 0.29) is 11.7 Å². The molecule has 110 valence electrons. The number of hydrogen-bond acceptors (Lipinski definition) is 4. The van der Waals surface area contributed by atoms with Gasteiger partial charge in [-0.3, -0.25) is 9.59 Å². The van der Waals surface area contributed by atoms with Gasteiger partial charge in [0.2, 0.25) is 0 Å². The fourth-order valence-electron chi connectivity index (χ4n) is 2.35. The van der Waals surface area contributed by atoms with Gasteiger partial charge in [0.25, 0.3) is 5.91 Å². The number of amides is 1. The number of nitrogens with one attached hydrogen (secondary N) is 1. The maximum Gasteiger partial charge on any atom is 0.261 e. The van der Waals surface area contributed by atoms with Crippen LogP contribution in [0.15, 0.2) is 42.7 Å². The number of ketones is 1. The monoisotopic (exact) mass is 294 g/mol. The van der Waals surface area contributed by atoms with Crippen molar-refractivity contribution in [2.75, 3.05) is 5.32 Å². The summed E-state index contributed by atoms with van der Waals surface area (Å²) in [5, 5.41) is 7.03. The van der Waals surface area contributed by atoms with Crippen molar-refractivity contribution in [1.29, 1.82) is 0 Å². The van der Waals surface area contributed by atoms with Crippen LogP contribution in [0.1, 0.15) is 33.3 Å². The van der Waals surface area contributed by atoms with Crippen LogP contribution in [0.5, 0.6) is 0 Å². The first-order valence-corrected chi connectivity index (χ1v) is 6.79. The largest absolute Gasteiger partial charge is 0.321 e. The second-order valence-corrected chi connectivity index (χ2v) is 4.90. The summed E-state index contributed by atoms with van der Waals surface area (Å²) < 4.78 is 1.56. The Hall–Kier alpha value is -3.02. The molecule has 0 saturated carbocycles. The summed E-state index contributed by atoms with van der Waals surface area (Å²) in [7, 11) is 0. The Labute approximate surface area is 126 Å². The van der Waals surface area contributed by atoms with Gasteiger partial charge < -0.3 is 5.32 Å². The molecule has 0 radical (unpaired) electrons. The van der Waals surface area contributed by atoms with Crippen LogP contribution in [-0.2, 0) is 0 Å². The Bertz CT molecular complexity index is 883. The number of aryl methyl sites for hydroxylation is 1. The number of hydrogen-bond donors (Lipinski definition) is 1. The summed E-state index contributed by atoms with van der Waals surface area (Å²) in [6, 6.07) is 8.65. The molecule has 1 N–H and O–H groups in total. The Morgan fingerprint density at radius 3 is 2.73 bits per heavy atom. The second kappa shape index (κ2) is 5.40. The molecule has 0 aliphatic heterocycles. The molecule has 0 aliphatic carbocycles. The number of para-hydroxylation sites is 1. The number of carbonyl (C=O) groups excluding carboxylic acids is 2. The first-order chi connectivity index (χ1) is 10.6. The van der Waals surface area contributed by atoms with Crippen molar-refractivity contribution in [3.63, 3.8) is 0 Å². The molecule has 1 aromatic carbocycles. The first-order valence-electron chi connectivity index (χ1n) is 6.79. The standard InChI is InChI=1S/C16H14N4O2/c1-10-14(15-17-8-5-9-20(15)19-10)16(22)18-13-7-4-3-6-12(13)11(2)21/h3-9H,1-2H3,(H,18,22). The van der Waals surface area contributed by atoms with E-state index in [4.69, 9.17) is 0 Å². The van der Waals surface area contributed by atoms with Gasteiger partial charge >= 0.3 is 0 Å². The maximum absolute atomic E-state index is 12.6. The fraction of sp³-hybridized carbons (Fsp3) is 0.125. The normalized spacial score (nSPS) is 10.6. The van der Waals surface area contributed by atoms with Crippen LogP contribution in [0.4, 0.5) is 5.69 Å². The van der Waals surface area contributed by atoms with Gasteiger partial charge in [-0.15, -0.1) is 0 Å². The molecule has 3 rings (SSSR count). The predicted octanol–water partition coefficient (Wildman–Crippen LogP) is 2.49. The highest BCUT2D eigenvalue weighted by atomic mass is 16.2. The summed E-state index contributed by atoms with van der Waals surface area (Å²) >= 11 is 0. The summed E-state index contributed by atoms with van der Waals surface area (Å²) in [6.45, 7) is 3.22. The minimum absolute atomic E-state index is 0.106. The number of carbonyl (C=O) groups is 2. The number of aromatic nitrogens is 3. The highest BCUT2D eigenvalue weighted by Crippen LogP contribution is 2.19. The fourth-order valence-corrected chi connectivity index (χ4v) is 2.35. The summed E-state index contributed by atoms with van der Waals surface area (Å²) in [5.74, 6) is -0.439. The van der Waals surface area contributed by atoms with E-state index in [9.17, 15) is 9.59 Å². The molecule has 2 aromatic heterocycles. The van der Waals surface area contributed by atoms with E-state index in [0.29, 0.717) is 28.2 Å². The molecular weight excluding hydrogens is 280 g/mol. The average Bonchev–Trinajstić information content (AvgIpc) is 2.83. The minimum Gasteiger partial charge on any atom is -0.321 e. The quantitative estimate of drug-likeness (QED) is 0.753. The first kappa shape index (κ1) is 13.9. The third-order valence-corrected chi connectivity index (χ3v) is 3.35. The number of anilines is 1. The Balaban J connectivity index is 2.01. The molecule has 22 heavy (non-hydrogen) atoms. The molecule has 6 heteroatoms. The van der Waals surface area contributed by atoms with Crippen LogP contribution in [0, 0.1) is 6.92 Å². The number of benzene rings is 1. The Kier molecular flexibility index (Phi) is 3.42. The van der Waals surface area contributed by atoms with Crippen LogP contribution in [0.2, 0.25) is 0 Å². The van der Waals surface area contributed by atoms with E-state index in [1.54, 1.807) is 54.2 Å². The minimum atomic E-state index is -0.333. The van der Waals surface area contributed by atoms with E-state index in [1.165, 1.54) is 6.92 Å². The smallest absolute Gasteiger partial charge is 0.261 e. The van der Waals surface area contributed by atoms with Crippen molar-refractivity contribution >= 4 is 23.0 Å². The molecule has 3 aromatic rings. The van der Waals surface area contributed by atoms with Crippen LogP contribution >= 0.6 is 0 Å². The molecule has 2 heterocycles. The van der Waals surface area contributed by atoms with E-state index in [2.05, 4.69) is 15.4 Å². The summed E-state index contributed by atoms with van der Waals surface area (Å²) in [6.07, 6.45) is 3.34. The van der Waals surface area contributed by atoms with Gasteiger partial charge in [0.05, 0.1) is 11.4 Å². The topological polar surface area (TPSA) is 76.4 Å². The zero-order valence-corrected chi connectivity index (χ0v) is 12.2. The molecule has 0 bridgehead atoms. The van der Waals surface area contributed by atoms with Crippen LogP contribution in [-0.4, -0.2) is 26.3 Å². The number of fused-ring (bicyclic) bond motifs is 1. The van der Waals surface area contributed by atoms with Crippen LogP contribution in [0.25, 0.3) is 5.65 Å². The predicted molar refractivity (Wildman–Crippen MR) is 82.1 cm³/mol. The SMILES string of the molecule is CC(=O)c1ccccc1NC(=O)c1c(C)nn2cccnc12. The van der Waals surface area contributed by atoms with Gasteiger partial charge in [0, 0.05) is 18.0 Å². The summed E-state index contributed by atoms with van der Waals surface area (Å²) in [5.41, 5.74) is 2.42. The lowest BCUT2D eigenvalue weighted by atomic mass is 10.1. The van der Waals surface area contributed by atoms with Crippen molar-refractivity contribution in [2.45, 2.75) is 13.8 Å². The molecule has 0 atom stereocenters. The molecular formula is C16H14N4O2. The third-order valence-electron chi connectivity index (χ3n) is 3.35. The number of rotatable bonds is 3. The lowest BCUT2D eigenvalue weighted by Gasteiger charge is -2.08. The molecule has 1 amide bonds. The lowest BCUT2D eigenvalue weighted by Crippen LogP contribution is -2.15. The molecule has 0 spiro atoms. The van der Waals surface area contributed by atoms with Gasteiger partial charge in [-0.2, -0.15) is 5.10 Å². The molecule has 0 aliphatic rings. The van der Waals surface area contributed by atoms with E-state index < -0.39 is 0 Å². The highest BCUT2D eigenvalue weighted by molar-refractivity contribution is 6.12. The Morgan fingerprint density at radius 1 is 1.18 bits per heavy atom. The van der Waals surface area contributed by atoms with Crippen LogP contribution in [0.3, 0.4) is 0 Å². The second-order valence-electron chi connectivity index (χ2n) is 4.90. The Morgan fingerprint density at radius 2 is 1.95 bits per heavy atom. The molecule has 0 unspecified atom stereocenters. The van der Waals surface area contributed by atoms with Gasteiger partial charge in [-0.25, -0.2) is 9.50 Å². The van der Waals surface area contributed by atoms with E-state index in [1.807, 2.05) is 0 Å². The lowest BCUT2D eigenvalue weighted by molar-refractivity contribution is 0.101. The summed E-state index contributed by atoms with van der Waals surface area (Å²) in [4.78, 5) is 28.4. The number of nitrogens with zero attached hydrogens (tertiary/aromatic N) is 3. The highest BCUT2D eigenvalue weighted by Gasteiger charge is 2.19. The van der Waals surface area contributed by atoms with Crippen molar-refractivity contribution in [3.05, 3.63) is 59.5 Å². The van der Waals surface area contributed by atoms with Crippen LogP contribution < -0.4 is 5.32 Å². The van der Waals surface area contributed by atoms with Gasteiger partial charge in [-0.05, 0) is 32.0 Å². The third kappa shape index (κ3) is 2.35. The van der Waals surface area contributed by atoms with Gasteiger partial charge in [-0.1, -0.05) is 12.1 Å².